The number of aliphatic imine (C=N–C) groups is 1. The van der Waals surface area contributed by atoms with E-state index in [4.69, 9.17) is 39.5 Å². The lowest BCUT2D eigenvalue weighted by Crippen LogP contribution is -2.19. The predicted molar refractivity (Wildman–Crippen MR) is 119 cm³/mol. The molecule has 0 amide bonds. The molecular weight excluding hydrogens is 489 g/mol. The lowest BCUT2D eigenvalue weighted by Gasteiger charge is -2.19. The monoisotopic (exact) mass is 503 g/mol. The first-order valence-electron chi connectivity index (χ1n) is 9.58. The SMILES string of the molecule is C=C1OC(c2ccc(/C(F)=C/C(c3cc(Cl)c(Cl)c(Cl)c3)C(F)(F)F)cc2C)=NC12CC2. The molecule has 1 aliphatic heterocycles. The Morgan fingerprint density at radius 3 is 2.28 bits per heavy atom. The van der Waals surface area contributed by atoms with Crippen LogP contribution in [-0.2, 0) is 4.74 Å². The van der Waals surface area contributed by atoms with Crippen molar-refractivity contribution >= 4 is 46.5 Å². The topological polar surface area (TPSA) is 21.6 Å². The molecule has 0 radical (unpaired) electrons. The number of alkyl halides is 3. The molecule has 2 nitrogen and oxygen atoms in total. The van der Waals surface area contributed by atoms with Gasteiger partial charge in [-0.1, -0.05) is 47.4 Å². The minimum atomic E-state index is -4.78. The number of aryl methyl sites for hydroxylation is 1. The van der Waals surface area contributed by atoms with Crippen LogP contribution in [0.4, 0.5) is 17.6 Å². The normalized spacial score (nSPS) is 18.6. The average molecular weight is 505 g/mol. The summed E-state index contributed by atoms with van der Waals surface area (Å²) in [7, 11) is 0. The molecule has 1 saturated carbocycles. The maximum Gasteiger partial charge on any atom is 0.399 e. The quantitative estimate of drug-likeness (QED) is 0.302. The Bertz CT molecular complexity index is 1160. The third kappa shape index (κ3) is 4.28. The Labute approximate surface area is 197 Å². The smallest absolute Gasteiger partial charge is 0.399 e. The van der Waals surface area contributed by atoms with Crippen molar-refractivity contribution in [3.63, 3.8) is 0 Å². The van der Waals surface area contributed by atoms with Crippen molar-refractivity contribution in [2.75, 3.05) is 0 Å². The first-order valence-corrected chi connectivity index (χ1v) is 10.7. The van der Waals surface area contributed by atoms with E-state index in [9.17, 15) is 17.6 Å². The van der Waals surface area contributed by atoms with Crippen LogP contribution in [0.2, 0.25) is 15.1 Å². The van der Waals surface area contributed by atoms with Gasteiger partial charge in [-0.25, -0.2) is 9.38 Å². The van der Waals surface area contributed by atoms with Gasteiger partial charge in [0.2, 0.25) is 5.90 Å². The summed E-state index contributed by atoms with van der Waals surface area (Å²) in [5.74, 6) is -2.34. The van der Waals surface area contributed by atoms with Crippen molar-refractivity contribution in [2.24, 2.45) is 4.99 Å². The number of allylic oxidation sites excluding steroid dienone is 1. The number of hydrogen-bond acceptors (Lipinski definition) is 2. The molecule has 2 aromatic rings. The highest BCUT2D eigenvalue weighted by Crippen LogP contribution is 2.50. The van der Waals surface area contributed by atoms with Gasteiger partial charge >= 0.3 is 6.18 Å². The molecular formula is C23H16Cl3F4NO. The van der Waals surface area contributed by atoms with Gasteiger partial charge in [-0.15, -0.1) is 0 Å². The zero-order valence-electron chi connectivity index (χ0n) is 16.7. The van der Waals surface area contributed by atoms with Crippen molar-refractivity contribution in [3.05, 3.63) is 86.1 Å². The van der Waals surface area contributed by atoms with Crippen molar-refractivity contribution in [2.45, 2.75) is 37.4 Å². The second-order valence-electron chi connectivity index (χ2n) is 7.84. The molecule has 9 heteroatoms. The molecule has 0 bridgehead atoms. The average Bonchev–Trinajstić information content (AvgIpc) is 3.41. The molecule has 2 aromatic carbocycles. The highest BCUT2D eigenvalue weighted by atomic mass is 35.5. The Kier molecular flexibility index (Phi) is 5.85. The van der Waals surface area contributed by atoms with E-state index in [1.165, 1.54) is 12.1 Å². The van der Waals surface area contributed by atoms with Gasteiger partial charge < -0.3 is 4.74 Å². The molecule has 1 heterocycles. The summed E-state index contributed by atoms with van der Waals surface area (Å²) in [6.45, 7) is 5.59. The second kappa shape index (κ2) is 8.08. The first-order chi connectivity index (χ1) is 14.9. The maximum atomic E-state index is 15.0. The molecule has 2 aliphatic rings. The summed E-state index contributed by atoms with van der Waals surface area (Å²) in [6.07, 6.45) is -2.56. The first kappa shape index (κ1) is 23.1. The van der Waals surface area contributed by atoms with Crippen LogP contribution in [-0.4, -0.2) is 17.6 Å². The molecule has 1 spiro atoms. The standard InChI is InChI=1S/C23H16Cl3F4NO/c1-11-7-13(3-4-15(11)21-31-22(5-6-22)12(2)32-21)19(27)10-16(23(28,29)30)14-8-17(24)20(26)18(25)9-14/h3-4,7-10,16H,2,5-6H2,1H3/b19-10-. The van der Waals surface area contributed by atoms with Crippen molar-refractivity contribution < 1.29 is 22.3 Å². The molecule has 4 rings (SSSR count). The van der Waals surface area contributed by atoms with Crippen LogP contribution in [0.1, 0.15) is 41.0 Å². The zero-order valence-corrected chi connectivity index (χ0v) is 18.9. The molecule has 0 N–H and O–H groups in total. The molecule has 1 atom stereocenters. The number of hydrogen-bond donors (Lipinski definition) is 0. The van der Waals surface area contributed by atoms with E-state index in [0.717, 1.165) is 25.0 Å². The molecule has 168 valence electrons. The van der Waals surface area contributed by atoms with E-state index >= 15 is 0 Å². The Morgan fingerprint density at radius 1 is 1.16 bits per heavy atom. The lowest BCUT2D eigenvalue weighted by molar-refractivity contribution is -0.139. The van der Waals surface area contributed by atoms with E-state index in [-0.39, 0.29) is 31.7 Å². The lowest BCUT2D eigenvalue weighted by atomic mass is 9.96. The fraction of sp³-hybridized carbons (Fsp3) is 0.261. The summed E-state index contributed by atoms with van der Waals surface area (Å²) in [5.41, 5.74) is 0.561. The maximum absolute atomic E-state index is 15.0. The third-order valence-electron chi connectivity index (χ3n) is 5.54. The molecule has 1 unspecified atom stereocenters. The van der Waals surface area contributed by atoms with Gasteiger partial charge in [-0.2, -0.15) is 13.2 Å². The van der Waals surface area contributed by atoms with Crippen molar-refractivity contribution in [1.29, 1.82) is 0 Å². The van der Waals surface area contributed by atoms with Crippen LogP contribution < -0.4 is 0 Å². The summed E-state index contributed by atoms with van der Waals surface area (Å²) in [6, 6.07) is 6.47. The summed E-state index contributed by atoms with van der Waals surface area (Å²) in [5, 5.41) is -0.365. The molecule has 0 saturated heterocycles. The summed E-state index contributed by atoms with van der Waals surface area (Å²) in [4.78, 5) is 4.56. The number of nitrogens with zero attached hydrogens (tertiary/aromatic N) is 1. The Hall–Kier alpha value is -2.02. The Balaban J connectivity index is 1.67. The van der Waals surface area contributed by atoms with Crippen LogP contribution in [0.5, 0.6) is 0 Å². The number of halogens is 7. The van der Waals surface area contributed by atoms with E-state index in [2.05, 4.69) is 11.6 Å². The van der Waals surface area contributed by atoms with Gasteiger partial charge in [0.15, 0.2) is 0 Å². The molecule has 1 aliphatic carbocycles. The van der Waals surface area contributed by atoms with Crippen LogP contribution >= 0.6 is 34.8 Å². The summed E-state index contributed by atoms with van der Waals surface area (Å²) < 4.78 is 61.8. The van der Waals surface area contributed by atoms with E-state index in [1.807, 2.05) is 0 Å². The molecule has 32 heavy (non-hydrogen) atoms. The second-order valence-corrected chi connectivity index (χ2v) is 9.03. The van der Waals surface area contributed by atoms with Crippen LogP contribution in [0.15, 0.2) is 53.7 Å². The third-order valence-corrected chi connectivity index (χ3v) is 6.74. The van der Waals surface area contributed by atoms with Gasteiger partial charge in [-0.05, 0) is 61.2 Å². The summed E-state index contributed by atoms with van der Waals surface area (Å²) >= 11 is 17.6. The van der Waals surface area contributed by atoms with Gasteiger partial charge in [0.25, 0.3) is 0 Å². The zero-order chi connectivity index (χ0) is 23.4. The largest absolute Gasteiger partial charge is 0.441 e. The highest BCUT2D eigenvalue weighted by molar-refractivity contribution is 6.48. The van der Waals surface area contributed by atoms with Crippen LogP contribution in [0.3, 0.4) is 0 Å². The minimum Gasteiger partial charge on any atom is -0.441 e. The van der Waals surface area contributed by atoms with Gasteiger partial charge in [-0.3, -0.25) is 0 Å². The van der Waals surface area contributed by atoms with E-state index < -0.39 is 17.9 Å². The van der Waals surface area contributed by atoms with E-state index in [1.54, 1.807) is 13.0 Å². The minimum absolute atomic E-state index is 0.00906. The predicted octanol–water partition coefficient (Wildman–Crippen LogP) is 8.43. The van der Waals surface area contributed by atoms with Crippen LogP contribution in [0, 0.1) is 6.92 Å². The Morgan fingerprint density at radius 2 is 1.78 bits per heavy atom. The fourth-order valence-corrected chi connectivity index (χ4v) is 4.16. The van der Waals surface area contributed by atoms with Crippen molar-refractivity contribution in [3.8, 4) is 0 Å². The van der Waals surface area contributed by atoms with Crippen LogP contribution in [0.25, 0.3) is 5.83 Å². The number of benzene rings is 2. The molecule has 1 fully saturated rings. The van der Waals surface area contributed by atoms with E-state index in [0.29, 0.717) is 28.9 Å². The fourth-order valence-electron chi connectivity index (χ4n) is 3.54. The highest BCUT2D eigenvalue weighted by Gasteiger charge is 2.51. The molecule has 0 aromatic heterocycles. The van der Waals surface area contributed by atoms with Gasteiger partial charge in [0.05, 0.1) is 15.1 Å². The number of ether oxygens (including phenoxy) is 1. The van der Waals surface area contributed by atoms with Gasteiger partial charge in [0, 0.05) is 11.1 Å². The van der Waals surface area contributed by atoms with Crippen molar-refractivity contribution in [1.82, 2.24) is 0 Å². The van der Waals surface area contributed by atoms with Gasteiger partial charge in [0.1, 0.15) is 23.0 Å². The number of rotatable bonds is 4.